The zero-order valence-electron chi connectivity index (χ0n) is 15.2. The number of nitrogens with one attached hydrogen (secondary N) is 1. The Balaban J connectivity index is 2.29. The highest BCUT2D eigenvalue weighted by atomic mass is 79.9. The number of carboxylic acid groups (broad SMARTS) is 1. The number of likely N-dealkylation sites (tertiary alicyclic amines) is 1. The SMILES string of the molecule is C[C@@H]1CC(=O)N1[C@@H](C(=O)O)[C@](C)(/C=N/NC(=O)c1cc(O)c(O)cc1Br)S(=O)[O-]. The fraction of sp³-hybridized carbons (Fsp3) is 0.375. The van der Waals surface area contributed by atoms with Crippen LogP contribution in [-0.2, 0) is 20.7 Å². The van der Waals surface area contributed by atoms with Gasteiger partial charge in [0, 0.05) is 23.1 Å². The number of hydrogen-bond donors (Lipinski definition) is 4. The van der Waals surface area contributed by atoms with E-state index in [9.17, 15) is 38.5 Å². The van der Waals surface area contributed by atoms with Gasteiger partial charge in [-0.3, -0.25) is 13.8 Å². The molecule has 0 saturated carbocycles. The van der Waals surface area contributed by atoms with E-state index in [0.717, 1.165) is 30.2 Å². The summed E-state index contributed by atoms with van der Waals surface area (Å²) in [7, 11) is 0. The molecule has 1 saturated heterocycles. The van der Waals surface area contributed by atoms with Crippen LogP contribution >= 0.6 is 15.9 Å². The lowest BCUT2D eigenvalue weighted by Gasteiger charge is -2.48. The van der Waals surface area contributed by atoms with Crippen LogP contribution in [0.3, 0.4) is 0 Å². The summed E-state index contributed by atoms with van der Waals surface area (Å²) < 4.78 is 21.6. The van der Waals surface area contributed by atoms with E-state index in [1.807, 2.05) is 5.43 Å². The first-order valence-corrected chi connectivity index (χ1v) is 9.96. The molecule has 2 amide bonds. The van der Waals surface area contributed by atoms with Crippen LogP contribution in [0.1, 0.15) is 30.6 Å². The molecule has 0 radical (unpaired) electrons. The van der Waals surface area contributed by atoms with E-state index in [2.05, 4.69) is 21.0 Å². The van der Waals surface area contributed by atoms with Gasteiger partial charge in [-0.05, 0) is 53.0 Å². The molecule has 2 rings (SSSR count). The number of aliphatic carboxylic acids is 1. The van der Waals surface area contributed by atoms with Crippen molar-refractivity contribution in [2.75, 3.05) is 0 Å². The molecule has 0 aromatic heterocycles. The highest BCUT2D eigenvalue weighted by Crippen LogP contribution is 2.32. The first-order valence-electron chi connectivity index (χ1n) is 8.09. The van der Waals surface area contributed by atoms with Crippen molar-refractivity contribution in [3.05, 3.63) is 22.2 Å². The van der Waals surface area contributed by atoms with Crippen molar-refractivity contribution >= 4 is 51.0 Å². The van der Waals surface area contributed by atoms with Gasteiger partial charge in [0.25, 0.3) is 5.91 Å². The van der Waals surface area contributed by atoms with Gasteiger partial charge in [0.2, 0.25) is 5.91 Å². The van der Waals surface area contributed by atoms with Gasteiger partial charge in [-0.25, -0.2) is 10.2 Å². The van der Waals surface area contributed by atoms with E-state index >= 15 is 0 Å². The highest BCUT2D eigenvalue weighted by Gasteiger charge is 2.51. The number of hydrogen-bond acceptors (Lipinski definition) is 8. The van der Waals surface area contributed by atoms with Crippen molar-refractivity contribution in [1.29, 1.82) is 0 Å². The molecule has 1 fully saturated rings. The maximum absolute atomic E-state index is 12.2. The Morgan fingerprint density at radius 1 is 1.45 bits per heavy atom. The van der Waals surface area contributed by atoms with E-state index in [1.54, 1.807) is 6.92 Å². The molecule has 0 bridgehead atoms. The highest BCUT2D eigenvalue weighted by molar-refractivity contribution is 9.10. The van der Waals surface area contributed by atoms with Crippen LogP contribution in [0.5, 0.6) is 11.5 Å². The van der Waals surface area contributed by atoms with Crippen LogP contribution in [0.4, 0.5) is 0 Å². The summed E-state index contributed by atoms with van der Waals surface area (Å²) in [5, 5.41) is 32.0. The van der Waals surface area contributed by atoms with Gasteiger partial charge in [0.1, 0.15) is 0 Å². The topological polar surface area (TPSA) is 180 Å². The van der Waals surface area contributed by atoms with E-state index in [1.165, 1.54) is 0 Å². The number of carbonyl (C=O) groups excluding carboxylic acids is 2. The predicted octanol–water partition coefficient (Wildman–Crippen LogP) is 0.288. The van der Waals surface area contributed by atoms with Crippen molar-refractivity contribution < 1.29 is 38.5 Å². The fourth-order valence-corrected chi connectivity index (χ4v) is 3.88. The van der Waals surface area contributed by atoms with Gasteiger partial charge in [0.15, 0.2) is 17.5 Å². The molecule has 29 heavy (non-hydrogen) atoms. The minimum atomic E-state index is -3.02. The predicted molar refractivity (Wildman–Crippen MR) is 103 cm³/mol. The number of rotatable bonds is 7. The summed E-state index contributed by atoms with van der Waals surface area (Å²) in [6.07, 6.45) is 0.816. The second kappa shape index (κ2) is 8.47. The monoisotopic (exact) mass is 490 g/mol. The third kappa shape index (κ3) is 4.41. The van der Waals surface area contributed by atoms with Crippen molar-refractivity contribution in [1.82, 2.24) is 10.3 Å². The standard InChI is InChI=1S/C16H18BrN3O8S/c1-7-3-12(23)20(7)13(15(25)26)16(2,29(27)28)6-18-19-14(24)8-4-10(21)11(22)5-9(8)17/h4-7,13,21-22H,3H2,1-2H3,(H,19,24)(H,25,26)(H,27,28)/p-1/b18-6+/t7-,13+,16+/m1/s1. The zero-order chi connectivity index (χ0) is 22.1. The molecule has 158 valence electrons. The molecule has 4 atom stereocenters. The summed E-state index contributed by atoms with van der Waals surface area (Å²) >= 11 is 0.00793. The number of carbonyl (C=O) groups is 3. The first kappa shape index (κ1) is 22.8. The zero-order valence-corrected chi connectivity index (χ0v) is 17.6. The van der Waals surface area contributed by atoms with Crippen LogP contribution in [0.25, 0.3) is 0 Å². The van der Waals surface area contributed by atoms with Gasteiger partial charge in [-0.15, -0.1) is 0 Å². The van der Waals surface area contributed by atoms with Crippen molar-refractivity contribution in [2.24, 2.45) is 5.10 Å². The minimum absolute atomic E-state index is 0.0948. The van der Waals surface area contributed by atoms with Gasteiger partial charge >= 0.3 is 5.97 Å². The Bertz CT molecular complexity index is 924. The normalized spacial score (nSPS) is 20.6. The minimum Gasteiger partial charge on any atom is -0.772 e. The Labute approximate surface area is 175 Å². The first-order chi connectivity index (χ1) is 13.4. The van der Waals surface area contributed by atoms with Crippen molar-refractivity contribution in [2.45, 2.75) is 37.1 Å². The second-order valence-electron chi connectivity index (χ2n) is 6.53. The van der Waals surface area contributed by atoms with Gasteiger partial charge in [-0.2, -0.15) is 5.10 Å². The number of amides is 2. The fourth-order valence-electron chi connectivity index (χ4n) is 2.84. The van der Waals surface area contributed by atoms with Crippen molar-refractivity contribution in [3.63, 3.8) is 0 Å². The lowest BCUT2D eigenvalue weighted by atomic mass is 9.92. The van der Waals surface area contributed by atoms with Crippen LogP contribution in [0.15, 0.2) is 21.7 Å². The lowest BCUT2D eigenvalue weighted by Crippen LogP contribution is -2.67. The van der Waals surface area contributed by atoms with Crippen LogP contribution in [-0.4, -0.2) is 69.8 Å². The van der Waals surface area contributed by atoms with Crippen LogP contribution in [0, 0.1) is 0 Å². The molecule has 0 aliphatic carbocycles. The average Bonchev–Trinajstić information content (AvgIpc) is 2.61. The molecule has 1 aliphatic rings. The molecule has 1 aromatic rings. The number of carboxylic acids is 1. The molecular formula is C16H17BrN3O8S-. The van der Waals surface area contributed by atoms with Crippen LogP contribution in [0.2, 0.25) is 0 Å². The lowest BCUT2D eigenvalue weighted by molar-refractivity contribution is -0.161. The largest absolute Gasteiger partial charge is 0.772 e. The molecule has 1 unspecified atom stereocenters. The Kier molecular flexibility index (Phi) is 6.65. The summed E-state index contributed by atoms with van der Waals surface area (Å²) in [6.45, 7) is 2.64. The number of β-lactam (4-membered cyclic amide) rings is 1. The second-order valence-corrected chi connectivity index (χ2v) is 8.74. The number of halogens is 1. The van der Waals surface area contributed by atoms with E-state index in [4.69, 9.17) is 0 Å². The number of aromatic hydroxyl groups is 2. The number of phenols is 2. The summed E-state index contributed by atoms with van der Waals surface area (Å²) in [4.78, 5) is 36.7. The van der Waals surface area contributed by atoms with Gasteiger partial charge in [-0.1, -0.05) is 0 Å². The number of nitrogens with zero attached hydrogens (tertiary/aromatic N) is 2. The van der Waals surface area contributed by atoms with E-state index < -0.39 is 57.2 Å². The Hall–Kier alpha value is -2.51. The Morgan fingerprint density at radius 3 is 2.52 bits per heavy atom. The maximum Gasteiger partial charge on any atom is 0.328 e. The summed E-state index contributed by atoms with van der Waals surface area (Å²) in [5.41, 5.74) is 1.90. The summed E-state index contributed by atoms with van der Waals surface area (Å²) in [6, 6.07) is -0.190. The number of benzene rings is 1. The third-order valence-electron chi connectivity index (χ3n) is 4.44. The molecule has 13 heteroatoms. The van der Waals surface area contributed by atoms with Crippen molar-refractivity contribution in [3.8, 4) is 11.5 Å². The molecule has 1 aliphatic heterocycles. The van der Waals surface area contributed by atoms with E-state index in [0.29, 0.717) is 0 Å². The number of hydrazone groups is 1. The quantitative estimate of drug-likeness (QED) is 0.138. The van der Waals surface area contributed by atoms with Crippen LogP contribution < -0.4 is 5.43 Å². The van der Waals surface area contributed by atoms with Gasteiger partial charge in [0.05, 0.1) is 10.3 Å². The average molecular weight is 491 g/mol. The molecular weight excluding hydrogens is 474 g/mol. The Morgan fingerprint density at radius 2 is 2.03 bits per heavy atom. The molecule has 1 aromatic carbocycles. The van der Waals surface area contributed by atoms with Gasteiger partial charge < -0.3 is 24.8 Å². The van der Waals surface area contributed by atoms with E-state index in [-0.39, 0.29) is 16.5 Å². The molecule has 0 spiro atoms. The maximum atomic E-state index is 12.2. The third-order valence-corrected chi connectivity index (χ3v) is 6.15. The smallest absolute Gasteiger partial charge is 0.328 e. The molecule has 1 heterocycles. The molecule has 11 nitrogen and oxygen atoms in total. The summed E-state index contributed by atoms with van der Waals surface area (Å²) in [5.74, 6) is -3.96. The molecule has 4 N–H and O–H groups in total. The number of phenolic OH excluding ortho intramolecular Hbond substituents is 2.